The molecule has 1 aliphatic carbocycles. The fraction of sp³-hybridized carbons (Fsp3) is 0.667. The van der Waals surface area contributed by atoms with Crippen molar-refractivity contribution in [1.29, 1.82) is 0 Å². The lowest BCUT2D eigenvalue weighted by molar-refractivity contribution is -0.134. The van der Waals surface area contributed by atoms with Gasteiger partial charge in [-0.25, -0.2) is 0 Å². The first kappa shape index (κ1) is 23.5. The van der Waals surface area contributed by atoms with Gasteiger partial charge in [0, 0.05) is 36.6 Å². The van der Waals surface area contributed by atoms with Gasteiger partial charge in [-0.1, -0.05) is 58.3 Å². The molecule has 4 nitrogen and oxygen atoms in total. The molecule has 2 amide bonds. The molecule has 6 heteroatoms. The summed E-state index contributed by atoms with van der Waals surface area (Å²) >= 11 is 0. The van der Waals surface area contributed by atoms with Crippen LogP contribution in [0.1, 0.15) is 64.9 Å². The minimum absolute atomic E-state index is 0.123. The van der Waals surface area contributed by atoms with Gasteiger partial charge in [-0.2, -0.15) is 0 Å². The van der Waals surface area contributed by atoms with Crippen LogP contribution in [0.2, 0.25) is 0 Å². The van der Waals surface area contributed by atoms with E-state index in [1.54, 1.807) is 0 Å². The molecule has 2 aliphatic rings. The molecule has 2 fully saturated rings. The van der Waals surface area contributed by atoms with E-state index in [-0.39, 0.29) is 17.7 Å². The Morgan fingerprint density at radius 2 is 1.90 bits per heavy atom. The van der Waals surface area contributed by atoms with Gasteiger partial charge in [0.1, 0.15) is 0 Å². The summed E-state index contributed by atoms with van der Waals surface area (Å²) in [7, 11) is 3.99. The fourth-order valence-electron chi connectivity index (χ4n) is 4.60. The molecular formula is C24H36N2O2S2. The number of unbranched alkanes of at least 4 members (excludes halogenated alkanes) is 1. The maximum atomic E-state index is 13.3. The summed E-state index contributed by atoms with van der Waals surface area (Å²) in [5.74, 6) is 1.76. The fourth-order valence-corrected chi connectivity index (χ4v) is 7.90. The molecule has 1 aliphatic heterocycles. The summed E-state index contributed by atoms with van der Waals surface area (Å²) < 4.78 is 0.398. The van der Waals surface area contributed by atoms with E-state index in [0.717, 1.165) is 37.9 Å². The van der Waals surface area contributed by atoms with E-state index < -0.39 is 5.41 Å². The third kappa shape index (κ3) is 5.37. The molecule has 30 heavy (non-hydrogen) atoms. The number of hydrogen-bond donors (Lipinski definition) is 1. The van der Waals surface area contributed by atoms with Crippen LogP contribution >= 0.6 is 21.6 Å². The zero-order chi connectivity index (χ0) is 21.6. The average molecular weight is 449 g/mol. The van der Waals surface area contributed by atoms with E-state index in [0.29, 0.717) is 17.7 Å². The predicted molar refractivity (Wildman–Crippen MR) is 129 cm³/mol. The van der Waals surface area contributed by atoms with E-state index in [2.05, 4.69) is 24.4 Å². The maximum Gasteiger partial charge on any atom is 0.233 e. The summed E-state index contributed by atoms with van der Waals surface area (Å²) in [5, 5.41) is 3.12. The van der Waals surface area contributed by atoms with Gasteiger partial charge in [0.05, 0.1) is 5.41 Å². The van der Waals surface area contributed by atoms with Crippen LogP contribution in [-0.4, -0.2) is 46.8 Å². The highest BCUT2D eigenvalue weighted by molar-refractivity contribution is 8.77. The summed E-state index contributed by atoms with van der Waals surface area (Å²) in [6.45, 7) is 8.44. The first-order valence-electron chi connectivity index (χ1n) is 11.4. The molecule has 3 atom stereocenters. The van der Waals surface area contributed by atoms with Crippen molar-refractivity contribution in [3.05, 3.63) is 35.9 Å². The van der Waals surface area contributed by atoms with Gasteiger partial charge in [-0.3, -0.25) is 9.59 Å². The molecule has 2 unspecified atom stereocenters. The zero-order valence-electron chi connectivity index (χ0n) is 18.6. The number of nitrogens with one attached hydrogen (secondary N) is 1. The number of benzene rings is 1. The largest absolute Gasteiger partial charge is 0.356 e. The Morgan fingerprint density at radius 3 is 2.53 bits per heavy atom. The van der Waals surface area contributed by atoms with E-state index in [9.17, 15) is 9.59 Å². The Balaban J connectivity index is 1.49. The van der Waals surface area contributed by atoms with Crippen LogP contribution in [-0.2, 0) is 15.0 Å². The molecule has 3 rings (SSSR count). The van der Waals surface area contributed by atoms with Crippen LogP contribution in [0.4, 0.5) is 0 Å². The number of hydrogen-bond acceptors (Lipinski definition) is 4. The molecule has 0 bridgehead atoms. The molecule has 1 saturated carbocycles. The highest BCUT2D eigenvalue weighted by Gasteiger charge is 2.61. The Morgan fingerprint density at radius 1 is 1.17 bits per heavy atom. The summed E-state index contributed by atoms with van der Waals surface area (Å²) in [6.07, 6.45) is 5.92. The van der Waals surface area contributed by atoms with Crippen LogP contribution in [0, 0.1) is 5.92 Å². The Bertz CT molecular complexity index is 717. The van der Waals surface area contributed by atoms with E-state index >= 15 is 0 Å². The average Bonchev–Trinajstić information content (AvgIpc) is 3.35. The van der Waals surface area contributed by atoms with Crippen molar-refractivity contribution in [2.75, 3.05) is 25.4 Å². The molecule has 1 aromatic carbocycles. The topological polar surface area (TPSA) is 49.4 Å². The molecule has 0 aromatic heterocycles. The molecule has 0 radical (unpaired) electrons. The van der Waals surface area contributed by atoms with Gasteiger partial charge in [0.15, 0.2) is 0 Å². The minimum Gasteiger partial charge on any atom is -0.356 e. The van der Waals surface area contributed by atoms with Crippen molar-refractivity contribution in [2.45, 2.75) is 69.5 Å². The molecular weight excluding hydrogens is 412 g/mol. The van der Waals surface area contributed by atoms with Crippen molar-refractivity contribution in [3.8, 4) is 0 Å². The second-order valence-electron chi connectivity index (χ2n) is 8.83. The minimum atomic E-state index is -0.466. The predicted octanol–water partition coefficient (Wildman–Crippen LogP) is 5.03. The zero-order valence-corrected chi connectivity index (χ0v) is 20.2. The van der Waals surface area contributed by atoms with E-state index in [1.165, 1.54) is 18.6 Å². The normalized spacial score (nSPS) is 27.6. The molecule has 1 aromatic rings. The second kappa shape index (κ2) is 10.4. The Labute approximate surface area is 189 Å². The van der Waals surface area contributed by atoms with Crippen molar-refractivity contribution in [2.24, 2.45) is 5.92 Å². The van der Waals surface area contributed by atoms with Gasteiger partial charge in [0.25, 0.3) is 0 Å². The number of carbonyl (C=O) groups is 2. The second-order valence-corrected chi connectivity index (χ2v) is 11.8. The van der Waals surface area contributed by atoms with Gasteiger partial charge >= 0.3 is 0 Å². The quantitative estimate of drug-likeness (QED) is 0.381. The van der Waals surface area contributed by atoms with Gasteiger partial charge in [0.2, 0.25) is 11.8 Å². The first-order chi connectivity index (χ1) is 14.4. The smallest absolute Gasteiger partial charge is 0.233 e. The van der Waals surface area contributed by atoms with Crippen molar-refractivity contribution >= 4 is 33.4 Å². The summed E-state index contributed by atoms with van der Waals surface area (Å²) in [4.78, 5) is 27.6. The SMILES string of the molecule is CCN(CC)C(=O)C1(c2ccccc2)CC1CNC(=O)CCCC[C@]1(C)CCSS1. The van der Waals surface area contributed by atoms with Gasteiger partial charge in [-0.15, -0.1) is 0 Å². The van der Waals surface area contributed by atoms with E-state index in [4.69, 9.17) is 0 Å². The van der Waals surface area contributed by atoms with Crippen LogP contribution in [0.25, 0.3) is 0 Å². The molecule has 1 heterocycles. The monoisotopic (exact) mass is 448 g/mol. The Kier molecular flexibility index (Phi) is 8.19. The van der Waals surface area contributed by atoms with E-state index in [1.807, 2.05) is 58.5 Å². The van der Waals surface area contributed by atoms with Crippen LogP contribution in [0.3, 0.4) is 0 Å². The standard InChI is InChI=1S/C24H36N2O2S2/c1-4-26(5-2)22(28)24(19-11-7-6-8-12-19)17-20(24)18-25-21(27)13-9-10-14-23(3)15-16-29-30-23/h6-8,11-12,20H,4-5,9-10,13-18H2,1-3H3,(H,25,27)/t20?,23-,24?/m1/s1. The molecule has 1 N–H and O–H groups in total. The third-order valence-corrected chi connectivity index (χ3v) is 10.1. The highest BCUT2D eigenvalue weighted by atomic mass is 33.1. The maximum absolute atomic E-state index is 13.3. The van der Waals surface area contributed by atoms with Crippen LogP contribution in [0.5, 0.6) is 0 Å². The lowest BCUT2D eigenvalue weighted by atomic mass is 9.91. The highest BCUT2D eigenvalue weighted by Crippen LogP contribution is 2.55. The van der Waals surface area contributed by atoms with Crippen LogP contribution in [0.15, 0.2) is 30.3 Å². The first-order valence-corrected chi connectivity index (χ1v) is 13.7. The van der Waals surface area contributed by atoms with Gasteiger partial charge in [-0.05, 0) is 57.9 Å². The number of rotatable bonds is 11. The molecule has 0 spiro atoms. The summed E-state index contributed by atoms with van der Waals surface area (Å²) in [6, 6.07) is 10.1. The third-order valence-electron chi connectivity index (χ3n) is 6.71. The summed E-state index contributed by atoms with van der Waals surface area (Å²) in [5.41, 5.74) is 0.619. The lowest BCUT2D eigenvalue weighted by Crippen LogP contribution is -2.41. The number of carbonyl (C=O) groups excluding carboxylic acids is 2. The van der Waals surface area contributed by atoms with Gasteiger partial charge < -0.3 is 10.2 Å². The Hall–Kier alpha value is -1.14. The number of amides is 2. The molecule has 1 saturated heterocycles. The molecule has 166 valence electrons. The lowest BCUT2D eigenvalue weighted by Gasteiger charge is -2.26. The van der Waals surface area contributed by atoms with Crippen molar-refractivity contribution < 1.29 is 9.59 Å². The number of likely N-dealkylation sites (N-methyl/N-ethyl adjacent to an activating group) is 1. The number of nitrogens with zero attached hydrogens (tertiary/aromatic N) is 1. The van der Waals surface area contributed by atoms with Crippen molar-refractivity contribution in [1.82, 2.24) is 10.2 Å². The van der Waals surface area contributed by atoms with Crippen LogP contribution < -0.4 is 5.32 Å². The van der Waals surface area contributed by atoms with Crippen molar-refractivity contribution in [3.63, 3.8) is 0 Å².